The van der Waals surface area contributed by atoms with Gasteiger partial charge < -0.3 is 5.73 Å². The number of rotatable bonds is 3. The minimum absolute atomic E-state index is 0.0266. The van der Waals surface area contributed by atoms with E-state index in [4.69, 9.17) is 17.3 Å². The molecule has 0 fully saturated rings. The van der Waals surface area contributed by atoms with Crippen molar-refractivity contribution in [2.24, 2.45) is 0 Å². The van der Waals surface area contributed by atoms with Gasteiger partial charge in [-0.2, -0.15) is 17.5 Å². The molecule has 108 valence electrons. The minimum Gasteiger partial charge on any atom is -0.396 e. The monoisotopic (exact) mass is 320 g/mol. The molecule has 0 spiro atoms. The number of nitrogen functional groups attached to an aromatic ring is 1. The van der Waals surface area contributed by atoms with Crippen LogP contribution in [0.15, 0.2) is 17.0 Å². The molecule has 0 saturated carbocycles. The molecule has 19 heavy (non-hydrogen) atoms. The minimum atomic E-state index is -4.75. The highest BCUT2D eigenvalue weighted by Gasteiger charge is 2.36. The maximum Gasteiger partial charge on any atom is 0.402 e. The Morgan fingerprint density at radius 1 is 1.37 bits per heavy atom. The van der Waals surface area contributed by atoms with E-state index in [0.29, 0.717) is 13.1 Å². The van der Waals surface area contributed by atoms with Crippen LogP contribution in [0.1, 0.15) is 0 Å². The second-order valence-electron chi connectivity index (χ2n) is 3.68. The van der Waals surface area contributed by atoms with Crippen LogP contribution in [0.25, 0.3) is 0 Å². The molecule has 4 nitrogen and oxygen atoms in total. The molecule has 1 aromatic carbocycles. The van der Waals surface area contributed by atoms with Gasteiger partial charge in [0.05, 0.1) is 5.69 Å². The molecule has 0 amide bonds. The van der Waals surface area contributed by atoms with Crippen LogP contribution in [-0.2, 0) is 10.0 Å². The number of hydrogen-bond donors (Lipinski definition) is 1. The van der Waals surface area contributed by atoms with Crippen molar-refractivity contribution in [1.29, 1.82) is 0 Å². The van der Waals surface area contributed by atoms with Gasteiger partial charge in [-0.15, -0.1) is 0 Å². The van der Waals surface area contributed by atoms with E-state index in [-0.39, 0.29) is 9.33 Å². The Kier molecular flexibility index (Phi) is 4.33. The standard InChI is InChI=1S/C9H9ClF4N2O2S/c1-16(4-9(12,13)14)19(17,18)7-3-5(10)2-6(15)8(7)11/h2-3H,4,15H2,1H3. The van der Waals surface area contributed by atoms with E-state index < -0.39 is 39.1 Å². The van der Waals surface area contributed by atoms with Crippen LogP contribution in [0.3, 0.4) is 0 Å². The quantitative estimate of drug-likeness (QED) is 0.686. The molecule has 10 heteroatoms. The van der Waals surface area contributed by atoms with E-state index in [0.717, 1.165) is 6.07 Å². The zero-order valence-electron chi connectivity index (χ0n) is 9.50. The molecular formula is C9H9ClF4N2O2S. The number of halogens is 5. The molecular weight excluding hydrogens is 312 g/mol. The van der Waals surface area contributed by atoms with Gasteiger partial charge in [-0.1, -0.05) is 11.6 Å². The van der Waals surface area contributed by atoms with Crippen molar-refractivity contribution in [3.63, 3.8) is 0 Å². The largest absolute Gasteiger partial charge is 0.402 e. The molecule has 0 aliphatic heterocycles. The van der Waals surface area contributed by atoms with Crippen molar-refractivity contribution in [3.8, 4) is 0 Å². The van der Waals surface area contributed by atoms with Gasteiger partial charge in [0.1, 0.15) is 11.4 Å². The van der Waals surface area contributed by atoms with Gasteiger partial charge in [-0.25, -0.2) is 12.8 Å². The molecule has 0 atom stereocenters. The first kappa shape index (κ1) is 16.0. The number of anilines is 1. The lowest BCUT2D eigenvalue weighted by Crippen LogP contribution is -2.36. The average Bonchev–Trinajstić information content (AvgIpc) is 2.20. The zero-order valence-corrected chi connectivity index (χ0v) is 11.1. The third-order valence-electron chi connectivity index (χ3n) is 2.12. The van der Waals surface area contributed by atoms with Crippen LogP contribution in [0.5, 0.6) is 0 Å². The van der Waals surface area contributed by atoms with E-state index >= 15 is 0 Å². The molecule has 0 saturated heterocycles. The van der Waals surface area contributed by atoms with Crippen LogP contribution < -0.4 is 5.73 Å². The summed E-state index contributed by atoms with van der Waals surface area (Å²) in [4.78, 5) is -0.996. The molecule has 0 aromatic heterocycles. The van der Waals surface area contributed by atoms with E-state index in [1.807, 2.05) is 0 Å². The fraction of sp³-hybridized carbons (Fsp3) is 0.333. The van der Waals surface area contributed by atoms with Crippen molar-refractivity contribution in [2.75, 3.05) is 19.3 Å². The summed E-state index contributed by atoms with van der Waals surface area (Å²) in [5, 5.41) is -0.196. The number of nitrogens with two attached hydrogens (primary N) is 1. The van der Waals surface area contributed by atoms with Gasteiger partial charge >= 0.3 is 6.18 Å². The van der Waals surface area contributed by atoms with Crippen molar-refractivity contribution in [2.45, 2.75) is 11.1 Å². The lowest BCUT2D eigenvalue weighted by atomic mass is 10.3. The summed E-state index contributed by atoms with van der Waals surface area (Å²) >= 11 is 5.51. The van der Waals surface area contributed by atoms with Gasteiger partial charge in [0.2, 0.25) is 10.0 Å². The molecule has 0 bridgehead atoms. The van der Waals surface area contributed by atoms with Crippen molar-refractivity contribution in [1.82, 2.24) is 4.31 Å². The van der Waals surface area contributed by atoms with Crippen molar-refractivity contribution < 1.29 is 26.0 Å². The Morgan fingerprint density at radius 3 is 2.37 bits per heavy atom. The Balaban J connectivity index is 3.28. The predicted octanol–water partition coefficient (Wildman–Crippen LogP) is 2.24. The van der Waals surface area contributed by atoms with Gasteiger partial charge in [-0.3, -0.25) is 0 Å². The Bertz CT molecular complexity index is 589. The van der Waals surface area contributed by atoms with E-state index in [1.54, 1.807) is 0 Å². The summed E-state index contributed by atoms with van der Waals surface area (Å²) in [6, 6.07) is 1.66. The van der Waals surface area contributed by atoms with Crippen molar-refractivity contribution >= 4 is 27.3 Å². The molecule has 1 rings (SSSR count). The maximum absolute atomic E-state index is 13.6. The number of hydrogen-bond acceptors (Lipinski definition) is 3. The molecule has 0 unspecified atom stereocenters. The van der Waals surface area contributed by atoms with Gasteiger partial charge in [0.25, 0.3) is 0 Å². The van der Waals surface area contributed by atoms with Crippen LogP contribution in [-0.4, -0.2) is 32.5 Å². The number of sulfonamides is 1. The summed E-state index contributed by atoms with van der Waals surface area (Å²) < 4.78 is 73.7. The third kappa shape index (κ3) is 3.71. The van der Waals surface area contributed by atoms with Gasteiger partial charge in [0, 0.05) is 12.1 Å². The summed E-state index contributed by atoms with van der Waals surface area (Å²) in [5.41, 5.74) is 4.62. The summed E-state index contributed by atoms with van der Waals surface area (Å²) in [7, 11) is -3.99. The Labute approximate surface area is 111 Å². The molecule has 2 N–H and O–H groups in total. The highest BCUT2D eigenvalue weighted by molar-refractivity contribution is 7.89. The van der Waals surface area contributed by atoms with Crippen LogP contribution in [0.2, 0.25) is 5.02 Å². The van der Waals surface area contributed by atoms with E-state index in [2.05, 4.69) is 0 Å². The normalized spacial score (nSPS) is 13.0. The molecule has 0 radical (unpaired) electrons. The average molecular weight is 321 g/mol. The van der Waals surface area contributed by atoms with Crippen LogP contribution in [0, 0.1) is 5.82 Å². The zero-order chi connectivity index (χ0) is 15.0. The predicted molar refractivity (Wildman–Crippen MR) is 61.7 cm³/mol. The van der Waals surface area contributed by atoms with Crippen LogP contribution >= 0.6 is 11.6 Å². The topological polar surface area (TPSA) is 63.4 Å². The number of alkyl halides is 3. The smallest absolute Gasteiger partial charge is 0.396 e. The maximum atomic E-state index is 13.6. The fourth-order valence-corrected chi connectivity index (χ4v) is 2.84. The highest BCUT2D eigenvalue weighted by atomic mass is 35.5. The van der Waals surface area contributed by atoms with Gasteiger partial charge in [-0.05, 0) is 12.1 Å². The summed E-state index contributed by atoms with van der Waals surface area (Å²) in [6.07, 6.45) is -4.75. The fourth-order valence-electron chi connectivity index (χ4n) is 1.28. The summed E-state index contributed by atoms with van der Waals surface area (Å²) in [6.45, 7) is -1.75. The number of nitrogens with zero attached hydrogens (tertiary/aromatic N) is 1. The van der Waals surface area contributed by atoms with Crippen molar-refractivity contribution in [3.05, 3.63) is 23.0 Å². The first-order valence-electron chi connectivity index (χ1n) is 4.73. The highest BCUT2D eigenvalue weighted by Crippen LogP contribution is 2.28. The SMILES string of the molecule is CN(CC(F)(F)F)S(=O)(=O)c1cc(Cl)cc(N)c1F. The first-order chi connectivity index (χ1) is 8.45. The van der Waals surface area contributed by atoms with E-state index in [9.17, 15) is 26.0 Å². The third-order valence-corrected chi connectivity index (χ3v) is 4.14. The Hall–Kier alpha value is -1.06. The molecule has 0 heterocycles. The van der Waals surface area contributed by atoms with Crippen LogP contribution in [0.4, 0.5) is 23.2 Å². The van der Waals surface area contributed by atoms with Gasteiger partial charge in [0.15, 0.2) is 5.82 Å². The second-order valence-corrected chi connectivity index (χ2v) is 6.13. The molecule has 1 aromatic rings. The lowest BCUT2D eigenvalue weighted by molar-refractivity contribution is -0.134. The second kappa shape index (κ2) is 5.14. The molecule has 0 aliphatic carbocycles. The first-order valence-corrected chi connectivity index (χ1v) is 6.54. The Morgan fingerprint density at radius 2 is 1.89 bits per heavy atom. The number of benzene rings is 1. The molecule has 0 aliphatic rings. The summed E-state index contributed by atoms with van der Waals surface area (Å²) in [5.74, 6) is -1.33. The van der Waals surface area contributed by atoms with E-state index in [1.165, 1.54) is 0 Å². The lowest BCUT2D eigenvalue weighted by Gasteiger charge is -2.19.